The van der Waals surface area contributed by atoms with Gasteiger partial charge in [-0.2, -0.15) is 4.31 Å². The van der Waals surface area contributed by atoms with Crippen LogP contribution < -0.4 is 0 Å². The first-order valence-corrected chi connectivity index (χ1v) is 9.58. The van der Waals surface area contributed by atoms with Crippen LogP contribution in [-0.2, 0) is 24.7 Å². The Morgan fingerprint density at radius 3 is 2.32 bits per heavy atom. The average Bonchev–Trinajstić information content (AvgIpc) is 2.60. The molecule has 0 aromatic carbocycles. The molecular weight excluding hydrogens is 294 g/mol. The fraction of sp³-hybridized carbons (Fsp3) is 0.900. The third-order valence-electron chi connectivity index (χ3n) is 3.26. The molecule has 1 unspecified atom stereocenters. The molecule has 9 heteroatoms. The third kappa shape index (κ3) is 3.90. The molecule has 112 valence electrons. The maximum atomic E-state index is 11.9. The number of nitrogens with zero attached hydrogens (tertiary/aromatic N) is 1. The van der Waals surface area contributed by atoms with Gasteiger partial charge in [-0.15, -0.1) is 0 Å². The van der Waals surface area contributed by atoms with Gasteiger partial charge in [0.2, 0.25) is 10.0 Å². The molecule has 0 spiro atoms. The molecule has 0 aliphatic carbocycles. The Balaban J connectivity index is 2.94. The molecule has 0 aromatic rings. The van der Waals surface area contributed by atoms with Crippen molar-refractivity contribution in [2.45, 2.75) is 26.2 Å². The second kappa shape index (κ2) is 5.37. The van der Waals surface area contributed by atoms with Crippen LogP contribution in [0.15, 0.2) is 0 Å². The zero-order chi connectivity index (χ0) is 14.9. The minimum absolute atomic E-state index is 0.0597. The van der Waals surface area contributed by atoms with Crippen molar-refractivity contribution in [3.8, 4) is 0 Å². The van der Waals surface area contributed by atoms with Crippen molar-refractivity contribution in [3.63, 3.8) is 0 Å². The maximum absolute atomic E-state index is 11.9. The first-order valence-electron chi connectivity index (χ1n) is 5.91. The molecule has 1 N–H and O–H groups in total. The van der Waals surface area contributed by atoms with Gasteiger partial charge in [0.1, 0.15) is 0 Å². The van der Waals surface area contributed by atoms with Gasteiger partial charge in [0.05, 0.1) is 5.41 Å². The molecule has 1 heterocycles. The van der Waals surface area contributed by atoms with Crippen LogP contribution in [0, 0.1) is 5.41 Å². The Morgan fingerprint density at radius 2 is 1.89 bits per heavy atom. The molecule has 1 aliphatic heterocycles. The molecule has 0 radical (unpaired) electrons. The highest BCUT2D eigenvalue weighted by Gasteiger charge is 2.47. The van der Waals surface area contributed by atoms with Crippen LogP contribution >= 0.6 is 0 Å². The zero-order valence-corrected chi connectivity index (χ0v) is 12.6. The SMILES string of the molecule is CCCC1(C(=O)O)CCN(S(=O)(=O)CS(C)(=O)=O)C1. The normalized spacial score (nSPS) is 25.6. The Bertz CT molecular complexity index is 553. The molecule has 7 nitrogen and oxygen atoms in total. The Labute approximate surface area is 113 Å². The van der Waals surface area contributed by atoms with Gasteiger partial charge >= 0.3 is 5.97 Å². The lowest BCUT2D eigenvalue weighted by Gasteiger charge is -2.23. The second-order valence-corrected chi connectivity index (χ2v) is 9.55. The average molecular weight is 313 g/mol. The smallest absolute Gasteiger partial charge is 0.311 e. The Hall–Kier alpha value is -0.670. The van der Waals surface area contributed by atoms with Crippen LogP contribution in [0.4, 0.5) is 0 Å². The first-order chi connectivity index (χ1) is 8.52. The van der Waals surface area contributed by atoms with E-state index < -0.39 is 36.3 Å². The van der Waals surface area contributed by atoms with Crippen LogP contribution in [-0.4, -0.2) is 56.6 Å². The van der Waals surface area contributed by atoms with Crippen LogP contribution in [0.5, 0.6) is 0 Å². The summed E-state index contributed by atoms with van der Waals surface area (Å²) in [4.78, 5) is 11.3. The lowest BCUT2D eigenvalue weighted by Crippen LogP contribution is -2.38. The van der Waals surface area contributed by atoms with Crippen molar-refractivity contribution in [2.24, 2.45) is 5.41 Å². The van der Waals surface area contributed by atoms with E-state index in [-0.39, 0.29) is 19.5 Å². The summed E-state index contributed by atoms with van der Waals surface area (Å²) < 4.78 is 47.0. The molecule has 1 saturated heterocycles. The summed E-state index contributed by atoms with van der Waals surface area (Å²) in [7, 11) is -7.62. The number of hydrogen-bond acceptors (Lipinski definition) is 5. The molecule has 1 atom stereocenters. The molecule has 0 saturated carbocycles. The minimum Gasteiger partial charge on any atom is -0.481 e. The van der Waals surface area contributed by atoms with Gasteiger partial charge in [0.25, 0.3) is 0 Å². The number of carboxylic acid groups (broad SMARTS) is 1. The molecule has 1 aliphatic rings. The number of sulfone groups is 1. The highest BCUT2D eigenvalue weighted by atomic mass is 32.3. The zero-order valence-electron chi connectivity index (χ0n) is 11.0. The van der Waals surface area contributed by atoms with E-state index >= 15 is 0 Å². The minimum atomic E-state index is -3.96. The summed E-state index contributed by atoms with van der Waals surface area (Å²) >= 11 is 0. The largest absolute Gasteiger partial charge is 0.481 e. The first kappa shape index (κ1) is 16.4. The van der Waals surface area contributed by atoms with Crippen LogP contribution in [0.1, 0.15) is 26.2 Å². The molecule has 0 amide bonds. The molecular formula is C10H19NO6S2. The third-order valence-corrected chi connectivity index (χ3v) is 7.26. The van der Waals surface area contributed by atoms with Crippen molar-refractivity contribution in [1.29, 1.82) is 0 Å². The number of hydrogen-bond donors (Lipinski definition) is 1. The fourth-order valence-electron chi connectivity index (χ4n) is 2.38. The summed E-state index contributed by atoms with van der Waals surface area (Å²) in [6, 6.07) is 0. The fourth-order valence-corrected chi connectivity index (χ4v) is 5.95. The molecule has 0 aromatic heterocycles. The van der Waals surface area contributed by atoms with E-state index in [4.69, 9.17) is 0 Å². The number of carboxylic acids is 1. The van der Waals surface area contributed by atoms with Crippen LogP contribution in [0.25, 0.3) is 0 Å². The van der Waals surface area contributed by atoms with E-state index in [9.17, 15) is 26.7 Å². The number of carbonyl (C=O) groups is 1. The molecule has 0 bridgehead atoms. The Morgan fingerprint density at radius 1 is 1.32 bits per heavy atom. The lowest BCUT2D eigenvalue weighted by atomic mass is 9.83. The van der Waals surface area contributed by atoms with Crippen molar-refractivity contribution in [3.05, 3.63) is 0 Å². The van der Waals surface area contributed by atoms with E-state index in [0.717, 1.165) is 10.6 Å². The van der Waals surface area contributed by atoms with Gasteiger partial charge in [-0.05, 0) is 12.8 Å². The summed E-state index contributed by atoms with van der Waals surface area (Å²) in [6.07, 6.45) is 2.08. The predicted octanol–water partition coefficient (Wildman–Crippen LogP) is -0.105. The van der Waals surface area contributed by atoms with E-state index in [1.165, 1.54) is 0 Å². The highest BCUT2D eigenvalue weighted by molar-refractivity contribution is 8.06. The van der Waals surface area contributed by atoms with Crippen molar-refractivity contribution in [1.82, 2.24) is 4.31 Å². The van der Waals surface area contributed by atoms with Gasteiger partial charge in [0, 0.05) is 19.3 Å². The quantitative estimate of drug-likeness (QED) is 0.733. The summed E-state index contributed by atoms with van der Waals surface area (Å²) in [5.74, 6) is -1.02. The maximum Gasteiger partial charge on any atom is 0.311 e. The summed E-state index contributed by atoms with van der Waals surface area (Å²) in [5.41, 5.74) is -1.08. The molecule has 1 rings (SSSR count). The van der Waals surface area contributed by atoms with Gasteiger partial charge in [-0.3, -0.25) is 4.79 Å². The molecule has 1 fully saturated rings. The van der Waals surface area contributed by atoms with E-state index in [0.29, 0.717) is 12.8 Å². The monoisotopic (exact) mass is 313 g/mol. The standard InChI is InChI=1S/C10H19NO6S2/c1-3-4-10(9(12)13)5-6-11(7-10)19(16,17)8-18(2,14)15/h3-8H2,1-2H3,(H,12,13). The topological polar surface area (TPSA) is 109 Å². The molecule has 19 heavy (non-hydrogen) atoms. The van der Waals surface area contributed by atoms with Crippen molar-refractivity contribution in [2.75, 3.05) is 24.4 Å². The highest BCUT2D eigenvalue weighted by Crippen LogP contribution is 2.36. The number of rotatable bonds is 6. The van der Waals surface area contributed by atoms with E-state index in [2.05, 4.69) is 0 Å². The summed E-state index contributed by atoms with van der Waals surface area (Å²) in [5, 5.41) is 8.30. The predicted molar refractivity (Wildman–Crippen MR) is 69.8 cm³/mol. The number of sulfonamides is 1. The van der Waals surface area contributed by atoms with Crippen LogP contribution in [0.3, 0.4) is 0 Å². The van der Waals surface area contributed by atoms with Crippen molar-refractivity contribution >= 4 is 25.8 Å². The van der Waals surface area contributed by atoms with E-state index in [1.54, 1.807) is 0 Å². The van der Waals surface area contributed by atoms with Gasteiger partial charge in [-0.1, -0.05) is 13.3 Å². The van der Waals surface area contributed by atoms with Gasteiger partial charge in [-0.25, -0.2) is 16.8 Å². The van der Waals surface area contributed by atoms with Gasteiger partial charge < -0.3 is 5.11 Å². The van der Waals surface area contributed by atoms with E-state index in [1.807, 2.05) is 6.92 Å². The lowest BCUT2D eigenvalue weighted by molar-refractivity contribution is -0.148. The van der Waals surface area contributed by atoms with Crippen LogP contribution in [0.2, 0.25) is 0 Å². The van der Waals surface area contributed by atoms with Gasteiger partial charge in [0.15, 0.2) is 14.9 Å². The summed E-state index contributed by atoms with van der Waals surface area (Å²) in [6.45, 7) is 1.75. The second-order valence-electron chi connectivity index (χ2n) is 5.07. The van der Waals surface area contributed by atoms with Crippen molar-refractivity contribution < 1.29 is 26.7 Å². The Kier molecular flexibility index (Phi) is 4.63. The number of aliphatic carboxylic acids is 1.